The Morgan fingerprint density at radius 3 is 3.31 bits per heavy atom. The fourth-order valence-corrected chi connectivity index (χ4v) is 1.48. The van der Waals surface area contributed by atoms with E-state index < -0.39 is 6.04 Å². The number of hydrogen-bond donors (Lipinski definition) is 2. The summed E-state index contributed by atoms with van der Waals surface area (Å²) >= 11 is 0. The normalized spacial score (nSPS) is 22.0. The molecular formula is C8H12N4O. The predicted octanol–water partition coefficient (Wildman–Crippen LogP) is -0.368. The maximum atomic E-state index is 11.3. The lowest BCUT2D eigenvalue weighted by molar-refractivity contribution is -0.117. The number of amides is 1. The molecule has 0 saturated heterocycles. The Bertz CT molecular complexity index is 344. The van der Waals surface area contributed by atoms with Crippen LogP contribution in [0.25, 0.3) is 0 Å². The van der Waals surface area contributed by atoms with Crippen LogP contribution in [-0.2, 0) is 18.3 Å². The lowest BCUT2D eigenvalue weighted by Crippen LogP contribution is -2.34. The van der Waals surface area contributed by atoms with Crippen LogP contribution in [0.4, 0.5) is 5.82 Å². The summed E-state index contributed by atoms with van der Waals surface area (Å²) in [7, 11) is 1.80. The summed E-state index contributed by atoms with van der Waals surface area (Å²) in [5.41, 5.74) is 6.68. The van der Waals surface area contributed by atoms with Gasteiger partial charge in [0.1, 0.15) is 5.82 Å². The van der Waals surface area contributed by atoms with Crippen molar-refractivity contribution in [1.82, 2.24) is 9.78 Å². The highest BCUT2D eigenvalue weighted by molar-refractivity contribution is 5.95. The maximum absolute atomic E-state index is 11.3. The van der Waals surface area contributed by atoms with Crippen LogP contribution in [0.2, 0.25) is 0 Å². The predicted molar refractivity (Wildman–Crippen MR) is 48.1 cm³/mol. The monoisotopic (exact) mass is 180 g/mol. The second-order valence-electron chi connectivity index (χ2n) is 3.28. The van der Waals surface area contributed by atoms with E-state index in [1.165, 1.54) is 0 Å². The van der Waals surface area contributed by atoms with E-state index in [0.717, 1.165) is 17.8 Å². The number of carbonyl (C=O) groups is 1. The molecule has 0 spiro atoms. The molecule has 1 unspecified atom stereocenters. The molecule has 0 radical (unpaired) electrons. The van der Waals surface area contributed by atoms with E-state index in [1.807, 2.05) is 0 Å². The number of hydrogen-bond acceptors (Lipinski definition) is 3. The summed E-state index contributed by atoms with van der Waals surface area (Å²) in [6.45, 7) is 0. The standard InChI is InChI=1S/C8H12N4O/c1-12-7-5(4-10-12)2-3-6(9)8(13)11-7/h4,6H,2-3,9H2,1H3,(H,11,13). The first-order valence-electron chi connectivity index (χ1n) is 4.26. The summed E-state index contributed by atoms with van der Waals surface area (Å²) < 4.78 is 1.66. The van der Waals surface area contributed by atoms with Crippen LogP contribution in [-0.4, -0.2) is 21.7 Å². The third-order valence-corrected chi connectivity index (χ3v) is 2.32. The van der Waals surface area contributed by atoms with Gasteiger partial charge >= 0.3 is 0 Å². The minimum atomic E-state index is -0.396. The second-order valence-corrected chi connectivity index (χ2v) is 3.28. The number of aryl methyl sites for hydroxylation is 2. The molecule has 5 heteroatoms. The molecule has 13 heavy (non-hydrogen) atoms. The molecule has 0 aliphatic carbocycles. The van der Waals surface area contributed by atoms with Gasteiger partial charge in [-0.1, -0.05) is 0 Å². The van der Waals surface area contributed by atoms with Crippen LogP contribution in [0.3, 0.4) is 0 Å². The first-order valence-corrected chi connectivity index (χ1v) is 4.26. The van der Waals surface area contributed by atoms with Gasteiger partial charge < -0.3 is 11.1 Å². The average Bonchev–Trinajstić information content (AvgIpc) is 2.37. The molecule has 0 fully saturated rings. The second kappa shape index (κ2) is 2.85. The van der Waals surface area contributed by atoms with Crippen molar-refractivity contribution in [3.05, 3.63) is 11.8 Å². The Hall–Kier alpha value is -1.36. The van der Waals surface area contributed by atoms with Gasteiger partial charge in [0.05, 0.1) is 12.2 Å². The summed E-state index contributed by atoms with van der Waals surface area (Å²) in [6, 6.07) is -0.396. The van der Waals surface area contributed by atoms with E-state index >= 15 is 0 Å². The third kappa shape index (κ3) is 1.31. The number of rotatable bonds is 0. The Balaban J connectivity index is 2.37. The Morgan fingerprint density at radius 1 is 1.77 bits per heavy atom. The molecule has 70 valence electrons. The Morgan fingerprint density at radius 2 is 2.54 bits per heavy atom. The zero-order valence-corrected chi connectivity index (χ0v) is 7.45. The van der Waals surface area contributed by atoms with Crippen molar-refractivity contribution in [2.24, 2.45) is 12.8 Å². The van der Waals surface area contributed by atoms with Crippen LogP contribution in [0.5, 0.6) is 0 Å². The highest BCUT2D eigenvalue weighted by atomic mass is 16.2. The molecule has 1 aromatic rings. The van der Waals surface area contributed by atoms with E-state index in [9.17, 15) is 4.79 Å². The van der Waals surface area contributed by atoms with Crippen molar-refractivity contribution in [3.8, 4) is 0 Å². The third-order valence-electron chi connectivity index (χ3n) is 2.32. The molecule has 5 nitrogen and oxygen atoms in total. The van der Waals surface area contributed by atoms with Crippen LogP contribution in [0.1, 0.15) is 12.0 Å². The number of fused-ring (bicyclic) bond motifs is 1. The molecule has 2 rings (SSSR count). The minimum absolute atomic E-state index is 0.123. The minimum Gasteiger partial charge on any atom is -0.320 e. The zero-order chi connectivity index (χ0) is 9.42. The van der Waals surface area contributed by atoms with Gasteiger partial charge in [-0.25, -0.2) is 0 Å². The van der Waals surface area contributed by atoms with Gasteiger partial charge in [-0.05, 0) is 12.8 Å². The summed E-state index contributed by atoms with van der Waals surface area (Å²) in [5.74, 6) is 0.653. The Kier molecular flexibility index (Phi) is 1.81. The van der Waals surface area contributed by atoms with E-state index in [0.29, 0.717) is 6.42 Å². The summed E-state index contributed by atoms with van der Waals surface area (Å²) in [4.78, 5) is 11.3. The number of aromatic nitrogens is 2. The van der Waals surface area contributed by atoms with Gasteiger partial charge in [0.15, 0.2) is 0 Å². The maximum Gasteiger partial charge on any atom is 0.242 e. The van der Waals surface area contributed by atoms with Crippen molar-refractivity contribution in [1.29, 1.82) is 0 Å². The van der Waals surface area contributed by atoms with Gasteiger partial charge in [0, 0.05) is 12.6 Å². The molecule has 1 aliphatic rings. The number of nitrogens with zero attached hydrogens (tertiary/aromatic N) is 2. The SMILES string of the molecule is Cn1ncc2c1NC(=O)C(N)CC2. The highest BCUT2D eigenvalue weighted by Gasteiger charge is 2.22. The quantitative estimate of drug-likeness (QED) is 0.572. The molecule has 2 heterocycles. The van der Waals surface area contributed by atoms with Crippen LogP contribution < -0.4 is 11.1 Å². The summed E-state index contributed by atoms with van der Waals surface area (Å²) in [6.07, 6.45) is 3.27. The summed E-state index contributed by atoms with van der Waals surface area (Å²) in [5, 5.41) is 6.82. The number of anilines is 1. The van der Waals surface area contributed by atoms with Crippen molar-refractivity contribution in [3.63, 3.8) is 0 Å². The molecule has 1 aliphatic heterocycles. The van der Waals surface area contributed by atoms with E-state index in [-0.39, 0.29) is 5.91 Å². The zero-order valence-electron chi connectivity index (χ0n) is 7.45. The van der Waals surface area contributed by atoms with Gasteiger partial charge in [-0.2, -0.15) is 5.10 Å². The number of nitrogens with two attached hydrogens (primary N) is 1. The van der Waals surface area contributed by atoms with Gasteiger partial charge in [-0.15, -0.1) is 0 Å². The average molecular weight is 180 g/mol. The Labute approximate surface area is 75.9 Å². The van der Waals surface area contributed by atoms with E-state index in [4.69, 9.17) is 5.73 Å². The number of nitrogens with one attached hydrogen (secondary N) is 1. The van der Waals surface area contributed by atoms with Crippen molar-refractivity contribution in [2.45, 2.75) is 18.9 Å². The lowest BCUT2D eigenvalue weighted by Gasteiger charge is -2.06. The fraction of sp³-hybridized carbons (Fsp3) is 0.500. The largest absolute Gasteiger partial charge is 0.320 e. The van der Waals surface area contributed by atoms with Crippen LogP contribution in [0.15, 0.2) is 6.20 Å². The highest BCUT2D eigenvalue weighted by Crippen LogP contribution is 2.19. The number of carbonyl (C=O) groups excluding carboxylic acids is 1. The van der Waals surface area contributed by atoms with Crippen LogP contribution in [0, 0.1) is 0 Å². The van der Waals surface area contributed by atoms with E-state index in [1.54, 1.807) is 17.9 Å². The van der Waals surface area contributed by atoms with Crippen molar-refractivity contribution in [2.75, 3.05) is 5.32 Å². The molecule has 0 saturated carbocycles. The van der Waals surface area contributed by atoms with Crippen LogP contribution >= 0.6 is 0 Å². The van der Waals surface area contributed by atoms with Crippen molar-refractivity contribution < 1.29 is 4.79 Å². The van der Waals surface area contributed by atoms with E-state index in [2.05, 4.69) is 10.4 Å². The molecule has 0 bridgehead atoms. The molecular weight excluding hydrogens is 168 g/mol. The van der Waals surface area contributed by atoms with Gasteiger partial charge in [0.2, 0.25) is 5.91 Å². The topological polar surface area (TPSA) is 72.9 Å². The molecule has 1 aromatic heterocycles. The molecule has 1 atom stereocenters. The van der Waals surface area contributed by atoms with Gasteiger partial charge in [0.25, 0.3) is 0 Å². The fourth-order valence-electron chi connectivity index (χ4n) is 1.48. The van der Waals surface area contributed by atoms with Crippen molar-refractivity contribution >= 4 is 11.7 Å². The lowest BCUT2D eigenvalue weighted by atomic mass is 10.1. The van der Waals surface area contributed by atoms with Gasteiger partial charge in [-0.3, -0.25) is 9.48 Å². The first-order chi connectivity index (χ1) is 6.18. The smallest absolute Gasteiger partial charge is 0.242 e. The molecule has 3 N–H and O–H groups in total. The molecule has 0 aromatic carbocycles. The first kappa shape index (κ1) is 8.25. The molecule has 1 amide bonds.